The van der Waals surface area contributed by atoms with E-state index in [4.69, 9.17) is 0 Å². The normalized spacial score (nSPS) is 14.0. The molecule has 0 fully saturated rings. The van der Waals surface area contributed by atoms with Crippen LogP contribution in [0.5, 0.6) is 0 Å². The fraction of sp³-hybridized carbons (Fsp3) is 0.167. The highest BCUT2D eigenvalue weighted by Gasteiger charge is 2.27. The van der Waals surface area contributed by atoms with E-state index in [2.05, 4.69) is 15.2 Å². The summed E-state index contributed by atoms with van der Waals surface area (Å²) in [6.07, 6.45) is 4.63. The Balaban J connectivity index is 1.47. The lowest BCUT2D eigenvalue weighted by Crippen LogP contribution is -2.35. The molecule has 4 aromatic heterocycles. The molecule has 0 bridgehead atoms. The van der Waals surface area contributed by atoms with E-state index in [1.807, 2.05) is 51.3 Å². The van der Waals surface area contributed by atoms with Gasteiger partial charge in [0.15, 0.2) is 0 Å². The number of rotatable bonds is 2. The first-order valence-electron chi connectivity index (χ1n) is 8.10. The molecule has 124 valence electrons. The third kappa shape index (κ3) is 2.35. The SMILES string of the molecule is O=C(c1cc2ccccn2c1)N1CCc2[nH]nc(-c3cscn3)c2C1. The second-order valence-electron chi connectivity index (χ2n) is 6.14. The van der Waals surface area contributed by atoms with Crippen LogP contribution in [0.4, 0.5) is 0 Å². The van der Waals surface area contributed by atoms with Crippen molar-refractivity contribution in [2.24, 2.45) is 0 Å². The quantitative estimate of drug-likeness (QED) is 0.605. The lowest BCUT2D eigenvalue weighted by Gasteiger charge is -2.26. The highest BCUT2D eigenvalue weighted by atomic mass is 32.1. The van der Waals surface area contributed by atoms with Crippen molar-refractivity contribution in [2.45, 2.75) is 13.0 Å². The first-order valence-corrected chi connectivity index (χ1v) is 9.04. The number of aromatic nitrogens is 4. The number of amides is 1. The Hall–Kier alpha value is -2.93. The number of fused-ring (bicyclic) bond motifs is 2. The molecule has 1 amide bonds. The predicted molar refractivity (Wildman–Crippen MR) is 95.5 cm³/mol. The first kappa shape index (κ1) is 14.4. The molecule has 1 aliphatic heterocycles. The van der Waals surface area contributed by atoms with Gasteiger partial charge in [-0.15, -0.1) is 11.3 Å². The number of carbonyl (C=O) groups excluding carboxylic acids is 1. The van der Waals surface area contributed by atoms with Crippen LogP contribution in [0.3, 0.4) is 0 Å². The van der Waals surface area contributed by atoms with Crippen LogP contribution in [-0.4, -0.2) is 36.9 Å². The van der Waals surface area contributed by atoms with Crippen LogP contribution in [0.2, 0.25) is 0 Å². The monoisotopic (exact) mass is 349 g/mol. The number of H-pyrrole nitrogens is 1. The lowest BCUT2D eigenvalue weighted by atomic mass is 10.0. The van der Waals surface area contributed by atoms with Crippen molar-refractivity contribution < 1.29 is 4.79 Å². The van der Waals surface area contributed by atoms with Gasteiger partial charge in [0.25, 0.3) is 5.91 Å². The standard InChI is InChI=1S/C18H15N5OS/c24-18(12-7-13-3-1-2-5-22(13)8-12)23-6-4-15-14(9-23)17(21-20-15)16-10-25-11-19-16/h1-3,5,7-8,10-11H,4,6,9H2,(H,20,21). The van der Waals surface area contributed by atoms with Crippen LogP contribution in [0.25, 0.3) is 16.9 Å². The highest BCUT2D eigenvalue weighted by molar-refractivity contribution is 7.07. The van der Waals surface area contributed by atoms with Crippen molar-refractivity contribution in [1.29, 1.82) is 0 Å². The third-order valence-electron chi connectivity index (χ3n) is 4.65. The molecule has 4 aromatic rings. The molecule has 5 heterocycles. The molecule has 0 spiro atoms. The van der Waals surface area contributed by atoms with E-state index >= 15 is 0 Å². The molecule has 0 saturated carbocycles. The number of thiazole rings is 1. The Labute approximate surface area is 147 Å². The zero-order valence-electron chi connectivity index (χ0n) is 13.3. The summed E-state index contributed by atoms with van der Waals surface area (Å²) in [6, 6.07) is 7.87. The van der Waals surface area contributed by atoms with E-state index in [1.54, 1.807) is 16.8 Å². The summed E-state index contributed by atoms with van der Waals surface area (Å²) in [5, 5.41) is 9.51. The van der Waals surface area contributed by atoms with Gasteiger partial charge in [0.05, 0.1) is 17.6 Å². The summed E-state index contributed by atoms with van der Waals surface area (Å²) in [5.41, 5.74) is 7.45. The minimum Gasteiger partial charge on any atom is -0.334 e. The molecule has 0 saturated heterocycles. The van der Waals surface area contributed by atoms with E-state index in [0.29, 0.717) is 18.7 Å². The van der Waals surface area contributed by atoms with Crippen LogP contribution in [-0.2, 0) is 13.0 Å². The van der Waals surface area contributed by atoms with Crippen molar-refractivity contribution in [1.82, 2.24) is 24.5 Å². The van der Waals surface area contributed by atoms with Crippen LogP contribution >= 0.6 is 11.3 Å². The number of hydrogen-bond donors (Lipinski definition) is 1. The van der Waals surface area contributed by atoms with Crippen molar-refractivity contribution in [3.05, 3.63) is 64.4 Å². The van der Waals surface area contributed by atoms with Crippen LogP contribution < -0.4 is 0 Å². The second-order valence-corrected chi connectivity index (χ2v) is 6.86. The van der Waals surface area contributed by atoms with Gasteiger partial charge in [-0.1, -0.05) is 6.07 Å². The number of hydrogen-bond acceptors (Lipinski definition) is 4. The van der Waals surface area contributed by atoms with Gasteiger partial charge < -0.3 is 9.30 Å². The average molecular weight is 349 g/mol. The smallest absolute Gasteiger partial charge is 0.255 e. The fourth-order valence-corrected chi connectivity index (χ4v) is 3.90. The molecular formula is C18H15N5OS. The average Bonchev–Trinajstić information content (AvgIpc) is 3.37. The summed E-state index contributed by atoms with van der Waals surface area (Å²) in [5.74, 6) is 0.0553. The van der Waals surface area contributed by atoms with E-state index in [0.717, 1.165) is 34.6 Å². The van der Waals surface area contributed by atoms with Crippen molar-refractivity contribution >= 4 is 22.8 Å². The zero-order chi connectivity index (χ0) is 16.8. The summed E-state index contributed by atoms with van der Waals surface area (Å²) >= 11 is 1.55. The first-order chi connectivity index (χ1) is 12.3. The lowest BCUT2D eigenvalue weighted by molar-refractivity contribution is 0.0735. The van der Waals surface area contributed by atoms with Gasteiger partial charge in [0, 0.05) is 47.5 Å². The Morgan fingerprint density at radius 2 is 2.28 bits per heavy atom. The van der Waals surface area contributed by atoms with Crippen molar-refractivity contribution in [3.63, 3.8) is 0 Å². The van der Waals surface area contributed by atoms with Gasteiger partial charge in [-0.25, -0.2) is 4.98 Å². The summed E-state index contributed by atoms with van der Waals surface area (Å²) in [6.45, 7) is 1.25. The minimum absolute atomic E-state index is 0.0553. The molecule has 1 N–H and O–H groups in total. The van der Waals surface area contributed by atoms with Gasteiger partial charge in [0.1, 0.15) is 11.4 Å². The van der Waals surface area contributed by atoms with Crippen molar-refractivity contribution in [3.8, 4) is 11.4 Å². The fourth-order valence-electron chi connectivity index (χ4n) is 3.36. The van der Waals surface area contributed by atoms with Gasteiger partial charge in [-0.3, -0.25) is 9.89 Å². The Bertz CT molecular complexity index is 1030. The van der Waals surface area contributed by atoms with Gasteiger partial charge in [0.2, 0.25) is 0 Å². The largest absolute Gasteiger partial charge is 0.334 e. The number of nitrogens with zero attached hydrogens (tertiary/aromatic N) is 4. The molecule has 0 aromatic carbocycles. The minimum atomic E-state index is 0.0553. The number of aromatic amines is 1. The summed E-state index contributed by atoms with van der Waals surface area (Å²) in [7, 11) is 0. The van der Waals surface area contributed by atoms with Crippen LogP contribution in [0.15, 0.2) is 47.5 Å². The molecule has 0 radical (unpaired) electrons. The van der Waals surface area contributed by atoms with E-state index < -0.39 is 0 Å². The zero-order valence-corrected chi connectivity index (χ0v) is 14.2. The Morgan fingerprint density at radius 3 is 3.12 bits per heavy atom. The van der Waals surface area contributed by atoms with Gasteiger partial charge in [-0.05, 0) is 18.2 Å². The third-order valence-corrected chi connectivity index (χ3v) is 5.23. The molecule has 1 aliphatic rings. The molecule has 5 rings (SSSR count). The van der Waals surface area contributed by atoms with Gasteiger partial charge in [-0.2, -0.15) is 5.10 Å². The number of nitrogens with one attached hydrogen (secondary N) is 1. The maximum absolute atomic E-state index is 13.0. The molecule has 0 aliphatic carbocycles. The predicted octanol–water partition coefficient (Wildman–Crippen LogP) is 2.98. The highest BCUT2D eigenvalue weighted by Crippen LogP contribution is 2.29. The van der Waals surface area contributed by atoms with E-state index in [1.165, 1.54) is 0 Å². The molecular weight excluding hydrogens is 334 g/mol. The summed E-state index contributed by atoms with van der Waals surface area (Å²) < 4.78 is 1.97. The van der Waals surface area contributed by atoms with Crippen LogP contribution in [0.1, 0.15) is 21.6 Å². The number of carbonyl (C=O) groups is 1. The molecule has 6 nitrogen and oxygen atoms in total. The maximum Gasteiger partial charge on any atom is 0.255 e. The van der Waals surface area contributed by atoms with Crippen molar-refractivity contribution in [2.75, 3.05) is 6.54 Å². The summed E-state index contributed by atoms with van der Waals surface area (Å²) in [4.78, 5) is 19.2. The second kappa shape index (κ2) is 5.56. The van der Waals surface area contributed by atoms with E-state index in [9.17, 15) is 4.79 Å². The molecule has 0 unspecified atom stereocenters. The number of pyridine rings is 1. The Kier molecular flexibility index (Phi) is 3.21. The Morgan fingerprint density at radius 1 is 1.32 bits per heavy atom. The van der Waals surface area contributed by atoms with Crippen LogP contribution in [0, 0.1) is 0 Å². The topological polar surface area (TPSA) is 66.3 Å². The molecule has 0 atom stereocenters. The van der Waals surface area contributed by atoms with Gasteiger partial charge >= 0.3 is 0 Å². The maximum atomic E-state index is 13.0. The molecule has 25 heavy (non-hydrogen) atoms. The van der Waals surface area contributed by atoms with E-state index in [-0.39, 0.29) is 5.91 Å². The molecule has 7 heteroatoms.